The van der Waals surface area contributed by atoms with Crippen molar-refractivity contribution < 1.29 is 0 Å². The van der Waals surface area contributed by atoms with E-state index in [1.807, 2.05) is 12.1 Å². The third-order valence-corrected chi connectivity index (χ3v) is 4.52. The first-order valence-corrected chi connectivity index (χ1v) is 7.67. The molecule has 0 aliphatic rings. The van der Waals surface area contributed by atoms with E-state index in [1.165, 1.54) is 0 Å². The zero-order valence-electron chi connectivity index (χ0n) is 11.1. The molecule has 0 bridgehead atoms. The van der Waals surface area contributed by atoms with Gasteiger partial charge in [0.1, 0.15) is 10.8 Å². The van der Waals surface area contributed by atoms with Crippen LogP contribution in [0.5, 0.6) is 0 Å². The zero-order valence-corrected chi connectivity index (χ0v) is 14.0. The Morgan fingerprint density at radius 2 is 2.05 bits per heavy atom. The van der Waals surface area contributed by atoms with Gasteiger partial charge >= 0.3 is 0 Å². The van der Waals surface area contributed by atoms with E-state index in [0.29, 0.717) is 16.9 Å². The largest absolute Gasteiger partial charge is 0.253 e. The van der Waals surface area contributed by atoms with Crippen LogP contribution in [0.15, 0.2) is 18.3 Å². The van der Waals surface area contributed by atoms with E-state index in [2.05, 4.69) is 58.3 Å². The van der Waals surface area contributed by atoms with Gasteiger partial charge in [-0.25, -0.2) is 9.97 Å². The van der Waals surface area contributed by atoms with Gasteiger partial charge in [-0.1, -0.05) is 38.4 Å². The van der Waals surface area contributed by atoms with Crippen molar-refractivity contribution in [1.82, 2.24) is 15.0 Å². The van der Waals surface area contributed by atoms with E-state index in [1.54, 1.807) is 6.20 Å². The van der Waals surface area contributed by atoms with Crippen LogP contribution in [-0.4, -0.2) is 15.0 Å². The Labute approximate surface area is 132 Å². The van der Waals surface area contributed by atoms with Crippen LogP contribution in [0.4, 0.5) is 0 Å². The maximum Gasteiger partial charge on any atom is 0.180 e. The lowest BCUT2D eigenvalue weighted by atomic mass is 10.1. The first-order chi connectivity index (χ1) is 9.04. The number of hydrogen-bond acceptors (Lipinski definition) is 3. The van der Waals surface area contributed by atoms with E-state index in [4.69, 9.17) is 11.6 Å². The fraction of sp³-hybridized carbons (Fsp3) is 0.357. The molecule has 0 spiro atoms. The number of pyridine rings is 1. The molecule has 5 heteroatoms. The molecule has 0 saturated heterocycles. The van der Waals surface area contributed by atoms with Crippen LogP contribution in [0.1, 0.15) is 37.9 Å². The van der Waals surface area contributed by atoms with Crippen LogP contribution < -0.4 is 0 Å². The van der Waals surface area contributed by atoms with E-state index in [0.717, 1.165) is 26.9 Å². The van der Waals surface area contributed by atoms with Crippen LogP contribution in [0.2, 0.25) is 5.15 Å². The molecular formula is C14H15ClIN3. The van der Waals surface area contributed by atoms with Crippen molar-refractivity contribution in [1.29, 1.82) is 0 Å². The molecule has 0 atom stereocenters. The van der Waals surface area contributed by atoms with E-state index in [9.17, 15) is 0 Å². The Morgan fingerprint density at radius 3 is 2.68 bits per heavy atom. The number of halogens is 2. The third-order valence-electron chi connectivity index (χ3n) is 2.87. The van der Waals surface area contributed by atoms with Crippen LogP contribution in [0.25, 0.3) is 11.5 Å². The van der Waals surface area contributed by atoms with E-state index >= 15 is 0 Å². The van der Waals surface area contributed by atoms with Gasteiger partial charge in [-0.05, 0) is 46.6 Å². The quantitative estimate of drug-likeness (QED) is 0.575. The summed E-state index contributed by atoms with van der Waals surface area (Å²) in [5, 5.41) is 0.502. The minimum atomic E-state index is 0.305. The Kier molecular flexibility index (Phi) is 4.73. The van der Waals surface area contributed by atoms with Crippen molar-refractivity contribution in [3.63, 3.8) is 0 Å². The van der Waals surface area contributed by atoms with Crippen LogP contribution in [0.3, 0.4) is 0 Å². The van der Waals surface area contributed by atoms with Gasteiger partial charge in [-0.3, -0.25) is 4.98 Å². The van der Waals surface area contributed by atoms with Gasteiger partial charge in [-0.2, -0.15) is 0 Å². The lowest BCUT2D eigenvalue weighted by Crippen LogP contribution is -2.04. The SMILES string of the molecule is CCc1cccnc1-c1nc(Cl)c(I)c(C(C)C)n1. The first-order valence-electron chi connectivity index (χ1n) is 6.21. The van der Waals surface area contributed by atoms with Crippen molar-refractivity contribution in [2.45, 2.75) is 33.1 Å². The number of aromatic nitrogens is 3. The zero-order chi connectivity index (χ0) is 14.0. The second-order valence-corrected chi connectivity index (χ2v) is 5.99. The highest BCUT2D eigenvalue weighted by Gasteiger charge is 2.16. The summed E-state index contributed by atoms with van der Waals surface area (Å²) >= 11 is 8.42. The number of aryl methyl sites for hydroxylation is 1. The molecule has 0 aliphatic heterocycles. The average molecular weight is 388 g/mol. The van der Waals surface area contributed by atoms with Crippen LogP contribution in [-0.2, 0) is 6.42 Å². The summed E-state index contributed by atoms with van der Waals surface area (Å²) in [7, 11) is 0. The molecule has 19 heavy (non-hydrogen) atoms. The summed E-state index contributed by atoms with van der Waals surface area (Å²) in [6, 6.07) is 3.98. The molecule has 0 N–H and O–H groups in total. The molecule has 0 saturated carbocycles. The monoisotopic (exact) mass is 387 g/mol. The fourth-order valence-corrected chi connectivity index (χ4v) is 2.89. The molecule has 2 rings (SSSR count). The van der Waals surface area contributed by atoms with Gasteiger partial charge in [0.25, 0.3) is 0 Å². The highest BCUT2D eigenvalue weighted by Crippen LogP contribution is 2.28. The second-order valence-electron chi connectivity index (χ2n) is 4.56. The van der Waals surface area contributed by atoms with Gasteiger partial charge in [-0.15, -0.1) is 0 Å². The second kappa shape index (κ2) is 6.13. The summed E-state index contributed by atoms with van der Waals surface area (Å²) < 4.78 is 0.923. The molecule has 2 aromatic rings. The fourth-order valence-electron chi connectivity index (χ4n) is 1.85. The Hall–Kier alpha value is -0.750. The van der Waals surface area contributed by atoms with Gasteiger partial charge in [0, 0.05) is 6.20 Å². The highest BCUT2D eigenvalue weighted by molar-refractivity contribution is 14.1. The molecular weight excluding hydrogens is 373 g/mol. The van der Waals surface area contributed by atoms with Crippen molar-refractivity contribution >= 4 is 34.2 Å². The summed E-state index contributed by atoms with van der Waals surface area (Å²) in [5.74, 6) is 0.923. The first kappa shape index (κ1) is 14.7. The lowest BCUT2D eigenvalue weighted by Gasteiger charge is -2.12. The third kappa shape index (κ3) is 3.05. The van der Waals surface area contributed by atoms with Crippen LogP contribution >= 0.6 is 34.2 Å². The summed E-state index contributed by atoms with van der Waals surface area (Å²) in [5.41, 5.74) is 2.93. The lowest BCUT2D eigenvalue weighted by molar-refractivity contribution is 0.806. The van der Waals surface area contributed by atoms with Crippen molar-refractivity contribution in [2.75, 3.05) is 0 Å². The normalized spacial score (nSPS) is 11.1. The van der Waals surface area contributed by atoms with Gasteiger partial charge in [0.05, 0.1) is 9.26 Å². The predicted molar refractivity (Wildman–Crippen MR) is 86.5 cm³/mol. The van der Waals surface area contributed by atoms with Gasteiger partial charge in [0.15, 0.2) is 5.82 Å². The van der Waals surface area contributed by atoms with Crippen molar-refractivity contribution in [3.05, 3.63) is 38.3 Å². The number of nitrogens with zero attached hydrogens (tertiary/aromatic N) is 3. The van der Waals surface area contributed by atoms with E-state index < -0.39 is 0 Å². The Bertz CT molecular complexity index is 599. The summed E-state index contributed by atoms with van der Waals surface area (Å²) in [6.07, 6.45) is 2.66. The Balaban J connectivity index is 2.63. The standard InChI is InChI=1S/C14H15ClIN3/c1-4-9-6-5-7-17-12(9)14-18-11(8(2)3)10(16)13(15)19-14/h5-8H,4H2,1-3H3. The minimum absolute atomic E-state index is 0.305. The number of hydrogen-bond donors (Lipinski definition) is 0. The molecule has 0 unspecified atom stereocenters. The minimum Gasteiger partial charge on any atom is -0.253 e. The number of rotatable bonds is 3. The molecule has 0 amide bonds. The van der Waals surface area contributed by atoms with Crippen LogP contribution in [0, 0.1) is 3.57 Å². The van der Waals surface area contributed by atoms with Crippen molar-refractivity contribution in [2.24, 2.45) is 0 Å². The molecule has 2 aromatic heterocycles. The summed E-state index contributed by atoms with van der Waals surface area (Å²) in [6.45, 7) is 6.30. The Morgan fingerprint density at radius 1 is 1.32 bits per heavy atom. The van der Waals surface area contributed by atoms with Gasteiger partial charge in [0.2, 0.25) is 0 Å². The molecule has 0 aliphatic carbocycles. The molecule has 0 aromatic carbocycles. The molecule has 0 radical (unpaired) electrons. The topological polar surface area (TPSA) is 38.7 Å². The summed E-state index contributed by atoms with van der Waals surface area (Å²) in [4.78, 5) is 13.4. The average Bonchev–Trinajstić information content (AvgIpc) is 2.41. The molecule has 0 fully saturated rings. The smallest absolute Gasteiger partial charge is 0.180 e. The maximum atomic E-state index is 6.22. The van der Waals surface area contributed by atoms with Gasteiger partial charge < -0.3 is 0 Å². The molecule has 3 nitrogen and oxygen atoms in total. The molecule has 2 heterocycles. The highest BCUT2D eigenvalue weighted by atomic mass is 127. The van der Waals surface area contributed by atoms with E-state index in [-0.39, 0.29) is 0 Å². The predicted octanol–water partition coefficient (Wildman–Crippen LogP) is 4.48. The molecule has 100 valence electrons. The van der Waals surface area contributed by atoms with Crippen molar-refractivity contribution in [3.8, 4) is 11.5 Å². The maximum absolute atomic E-state index is 6.22.